The number of thiazole rings is 1. The van der Waals surface area contributed by atoms with Gasteiger partial charge in [-0.15, -0.1) is 23.1 Å². The molecule has 0 radical (unpaired) electrons. The molecule has 0 saturated carbocycles. The van der Waals surface area contributed by atoms with Gasteiger partial charge in [-0.1, -0.05) is 25.1 Å². The van der Waals surface area contributed by atoms with E-state index >= 15 is 0 Å². The second-order valence-corrected chi connectivity index (χ2v) is 5.18. The minimum absolute atomic E-state index is 0.981. The number of nitrogens with zero attached hydrogens (tertiary/aromatic N) is 1. The maximum absolute atomic E-state index is 4.54. The zero-order valence-electron chi connectivity index (χ0n) is 8.64. The summed E-state index contributed by atoms with van der Waals surface area (Å²) >= 11 is 3.61. The molecule has 15 heavy (non-hydrogen) atoms. The number of hydrogen-bond acceptors (Lipinski definition) is 3. The molecular formula is C12H13NS2. The van der Waals surface area contributed by atoms with Gasteiger partial charge < -0.3 is 0 Å². The Morgan fingerprint density at radius 3 is 2.73 bits per heavy atom. The molecule has 0 N–H and O–H groups in total. The van der Waals surface area contributed by atoms with E-state index in [0.717, 1.165) is 12.2 Å². The summed E-state index contributed by atoms with van der Waals surface area (Å²) in [5.41, 5.74) is 1.21. The van der Waals surface area contributed by atoms with Crippen LogP contribution in [0.3, 0.4) is 0 Å². The van der Waals surface area contributed by atoms with Crippen LogP contribution in [0.2, 0.25) is 0 Å². The molecule has 1 nitrogen and oxygen atoms in total. The predicted molar refractivity (Wildman–Crippen MR) is 67.5 cm³/mol. The van der Waals surface area contributed by atoms with Crippen molar-refractivity contribution in [3.8, 4) is 0 Å². The lowest BCUT2D eigenvalue weighted by Gasteiger charge is -1.97. The molecule has 78 valence electrons. The summed E-state index contributed by atoms with van der Waals surface area (Å²) in [7, 11) is 0. The van der Waals surface area contributed by atoms with Gasteiger partial charge in [0, 0.05) is 10.3 Å². The van der Waals surface area contributed by atoms with Crippen molar-refractivity contribution in [2.75, 3.05) is 0 Å². The van der Waals surface area contributed by atoms with Crippen molar-refractivity contribution in [3.05, 3.63) is 46.4 Å². The Kier molecular flexibility index (Phi) is 3.80. The van der Waals surface area contributed by atoms with Gasteiger partial charge in [-0.2, -0.15) is 0 Å². The SMILES string of the molecule is CCc1csc(CSc2ccccc2)n1. The summed E-state index contributed by atoms with van der Waals surface area (Å²) in [6.45, 7) is 2.14. The van der Waals surface area contributed by atoms with Crippen LogP contribution in [0.4, 0.5) is 0 Å². The van der Waals surface area contributed by atoms with Gasteiger partial charge in [-0.3, -0.25) is 0 Å². The number of rotatable bonds is 4. The van der Waals surface area contributed by atoms with E-state index in [9.17, 15) is 0 Å². The highest BCUT2D eigenvalue weighted by Crippen LogP contribution is 2.24. The van der Waals surface area contributed by atoms with Crippen LogP contribution in [0.1, 0.15) is 17.6 Å². The van der Waals surface area contributed by atoms with E-state index in [-0.39, 0.29) is 0 Å². The molecule has 0 aliphatic rings. The van der Waals surface area contributed by atoms with Crippen molar-refractivity contribution in [2.24, 2.45) is 0 Å². The Labute approximate surface area is 98.6 Å². The Hall–Kier alpha value is -0.800. The summed E-state index contributed by atoms with van der Waals surface area (Å²) in [6.07, 6.45) is 1.03. The van der Waals surface area contributed by atoms with Crippen molar-refractivity contribution >= 4 is 23.1 Å². The monoisotopic (exact) mass is 235 g/mol. The van der Waals surface area contributed by atoms with Gasteiger partial charge in [-0.05, 0) is 18.6 Å². The van der Waals surface area contributed by atoms with E-state index in [2.05, 4.69) is 41.6 Å². The van der Waals surface area contributed by atoms with Crippen LogP contribution >= 0.6 is 23.1 Å². The smallest absolute Gasteiger partial charge is 0.103 e. The van der Waals surface area contributed by atoms with Gasteiger partial charge in [0.05, 0.1) is 11.4 Å². The second kappa shape index (κ2) is 5.33. The molecule has 2 rings (SSSR count). The van der Waals surface area contributed by atoms with E-state index < -0.39 is 0 Å². The first-order valence-electron chi connectivity index (χ1n) is 4.99. The van der Waals surface area contributed by atoms with E-state index in [4.69, 9.17) is 0 Å². The average molecular weight is 235 g/mol. The number of thioether (sulfide) groups is 1. The zero-order valence-corrected chi connectivity index (χ0v) is 10.3. The topological polar surface area (TPSA) is 12.9 Å². The maximum Gasteiger partial charge on any atom is 0.103 e. The third-order valence-electron chi connectivity index (χ3n) is 2.07. The summed E-state index contributed by atoms with van der Waals surface area (Å²) in [5.74, 6) is 0.981. The molecule has 1 aromatic heterocycles. The van der Waals surface area contributed by atoms with Gasteiger partial charge >= 0.3 is 0 Å². The van der Waals surface area contributed by atoms with E-state index in [1.54, 1.807) is 11.3 Å². The Bertz CT molecular complexity index is 409. The molecule has 0 fully saturated rings. The predicted octanol–water partition coefficient (Wildman–Crippen LogP) is 4.00. The fraction of sp³-hybridized carbons (Fsp3) is 0.250. The van der Waals surface area contributed by atoms with E-state index in [0.29, 0.717) is 0 Å². The number of aromatic nitrogens is 1. The fourth-order valence-corrected chi connectivity index (χ4v) is 3.05. The zero-order chi connectivity index (χ0) is 10.5. The van der Waals surface area contributed by atoms with Crippen molar-refractivity contribution in [3.63, 3.8) is 0 Å². The molecule has 0 amide bonds. The highest BCUT2D eigenvalue weighted by molar-refractivity contribution is 7.98. The molecule has 2 aromatic rings. The summed E-state index contributed by atoms with van der Waals surface area (Å²) < 4.78 is 0. The Morgan fingerprint density at radius 2 is 2.07 bits per heavy atom. The largest absolute Gasteiger partial charge is 0.245 e. The molecule has 0 saturated heterocycles. The van der Waals surface area contributed by atoms with Gasteiger partial charge in [0.1, 0.15) is 5.01 Å². The standard InChI is InChI=1S/C12H13NS2/c1-2-10-8-15-12(13-10)9-14-11-6-4-3-5-7-11/h3-8H,2,9H2,1H3. The lowest BCUT2D eigenvalue weighted by molar-refractivity contribution is 1.04. The van der Waals surface area contributed by atoms with E-state index in [1.165, 1.54) is 15.6 Å². The van der Waals surface area contributed by atoms with Gasteiger partial charge in [0.25, 0.3) is 0 Å². The van der Waals surface area contributed by atoms with Gasteiger partial charge in [-0.25, -0.2) is 4.98 Å². The van der Waals surface area contributed by atoms with Crippen LogP contribution in [0.25, 0.3) is 0 Å². The Morgan fingerprint density at radius 1 is 1.27 bits per heavy atom. The quantitative estimate of drug-likeness (QED) is 0.743. The van der Waals surface area contributed by atoms with Gasteiger partial charge in [0.15, 0.2) is 0 Å². The average Bonchev–Trinajstić information content (AvgIpc) is 2.76. The summed E-state index contributed by atoms with van der Waals surface area (Å²) in [4.78, 5) is 5.85. The van der Waals surface area contributed by atoms with Crippen LogP contribution < -0.4 is 0 Å². The normalized spacial score (nSPS) is 10.5. The third kappa shape index (κ3) is 3.08. The second-order valence-electron chi connectivity index (χ2n) is 3.19. The van der Waals surface area contributed by atoms with Crippen molar-refractivity contribution < 1.29 is 0 Å². The Balaban J connectivity index is 1.93. The first kappa shape index (κ1) is 10.7. The van der Waals surface area contributed by atoms with Crippen molar-refractivity contribution in [1.82, 2.24) is 4.98 Å². The summed E-state index contributed by atoms with van der Waals surface area (Å²) in [5, 5.41) is 3.38. The minimum Gasteiger partial charge on any atom is -0.245 e. The number of aryl methyl sites for hydroxylation is 1. The number of benzene rings is 1. The lowest BCUT2D eigenvalue weighted by atomic mass is 10.4. The first-order chi connectivity index (χ1) is 7.38. The first-order valence-corrected chi connectivity index (χ1v) is 6.86. The molecule has 1 heterocycles. The van der Waals surface area contributed by atoms with Crippen LogP contribution in [-0.2, 0) is 12.2 Å². The van der Waals surface area contributed by atoms with Crippen LogP contribution in [0.15, 0.2) is 40.6 Å². The molecule has 0 bridgehead atoms. The van der Waals surface area contributed by atoms with Crippen molar-refractivity contribution in [1.29, 1.82) is 0 Å². The molecule has 0 unspecified atom stereocenters. The molecular weight excluding hydrogens is 222 g/mol. The molecule has 3 heteroatoms. The molecule has 1 aromatic carbocycles. The summed E-state index contributed by atoms with van der Waals surface area (Å²) in [6, 6.07) is 10.5. The van der Waals surface area contributed by atoms with Gasteiger partial charge in [0.2, 0.25) is 0 Å². The highest BCUT2D eigenvalue weighted by Gasteiger charge is 2.01. The number of hydrogen-bond donors (Lipinski definition) is 0. The van der Waals surface area contributed by atoms with E-state index in [1.807, 2.05) is 17.8 Å². The lowest BCUT2D eigenvalue weighted by Crippen LogP contribution is -1.82. The highest BCUT2D eigenvalue weighted by atomic mass is 32.2. The molecule has 0 aliphatic carbocycles. The van der Waals surface area contributed by atoms with Crippen LogP contribution in [-0.4, -0.2) is 4.98 Å². The molecule has 0 spiro atoms. The van der Waals surface area contributed by atoms with Crippen LogP contribution in [0, 0.1) is 0 Å². The molecule has 0 aliphatic heterocycles. The fourth-order valence-electron chi connectivity index (χ4n) is 1.24. The minimum atomic E-state index is 0.981. The molecule has 0 atom stereocenters. The maximum atomic E-state index is 4.54. The van der Waals surface area contributed by atoms with Crippen LogP contribution in [0.5, 0.6) is 0 Å². The van der Waals surface area contributed by atoms with Crippen molar-refractivity contribution in [2.45, 2.75) is 24.0 Å². The third-order valence-corrected chi connectivity index (χ3v) is 4.17.